The van der Waals surface area contributed by atoms with Crippen molar-refractivity contribution in [2.24, 2.45) is 5.92 Å². The van der Waals surface area contributed by atoms with Crippen molar-refractivity contribution in [1.29, 1.82) is 0 Å². The zero-order valence-corrected chi connectivity index (χ0v) is 16.8. The van der Waals surface area contributed by atoms with Crippen LogP contribution in [0.25, 0.3) is 0 Å². The fourth-order valence-corrected chi connectivity index (χ4v) is 5.24. The Labute approximate surface area is 163 Å². The summed E-state index contributed by atoms with van der Waals surface area (Å²) >= 11 is 3.28. The second-order valence-corrected chi connectivity index (χ2v) is 9.46. The summed E-state index contributed by atoms with van der Waals surface area (Å²) in [4.78, 5) is 13.7. The van der Waals surface area contributed by atoms with E-state index in [9.17, 15) is 4.79 Å². The average Bonchev–Trinajstić information content (AvgIpc) is 3.18. The van der Waals surface area contributed by atoms with Crippen LogP contribution in [0.3, 0.4) is 0 Å². The second-order valence-electron chi connectivity index (χ2n) is 7.48. The van der Waals surface area contributed by atoms with E-state index in [2.05, 4.69) is 44.5 Å². The second kappa shape index (κ2) is 8.13. The van der Waals surface area contributed by atoms with E-state index in [0.29, 0.717) is 23.8 Å². The molecule has 1 amide bonds. The SMILES string of the molecule is C[C@H]1CCCC[C@H]1NC(=O)CSc1nnc(Cc2cccs2)n1C1CC1. The van der Waals surface area contributed by atoms with Crippen molar-refractivity contribution < 1.29 is 4.79 Å². The number of thioether (sulfide) groups is 1. The highest BCUT2D eigenvalue weighted by Gasteiger charge is 2.30. The van der Waals surface area contributed by atoms with E-state index in [-0.39, 0.29) is 5.91 Å². The van der Waals surface area contributed by atoms with Gasteiger partial charge in [0.25, 0.3) is 0 Å². The molecule has 0 spiro atoms. The lowest BCUT2D eigenvalue weighted by atomic mass is 9.86. The molecule has 2 atom stereocenters. The summed E-state index contributed by atoms with van der Waals surface area (Å²) in [6, 6.07) is 5.07. The van der Waals surface area contributed by atoms with Gasteiger partial charge in [-0.1, -0.05) is 37.6 Å². The van der Waals surface area contributed by atoms with E-state index in [1.807, 2.05) is 0 Å². The van der Waals surface area contributed by atoms with Gasteiger partial charge in [-0.2, -0.15) is 0 Å². The van der Waals surface area contributed by atoms with Crippen LogP contribution in [0.15, 0.2) is 22.7 Å². The van der Waals surface area contributed by atoms with Crippen molar-refractivity contribution >= 4 is 29.0 Å². The molecule has 0 aliphatic heterocycles. The summed E-state index contributed by atoms with van der Waals surface area (Å²) in [5.41, 5.74) is 0. The number of hydrogen-bond acceptors (Lipinski definition) is 5. The summed E-state index contributed by atoms with van der Waals surface area (Å²) in [5.74, 6) is 2.16. The quantitative estimate of drug-likeness (QED) is 0.725. The molecule has 2 heterocycles. The smallest absolute Gasteiger partial charge is 0.230 e. The monoisotopic (exact) mass is 390 g/mol. The molecule has 140 valence electrons. The number of amides is 1. The number of carbonyl (C=O) groups excluding carboxylic acids is 1. The molecule has 2 aromatic heterocycles. The maximum atomic E-state index is 12.4. The van der Waals surface area contributed by atoms with E-state index in [0.717, 1.165) is 23.8 Å². The van der Waals surface area contributed by atoms with Crippen LogP contribution in [0, 0.1) is 5.92 Å². The van der Waals surface area contributed by atoms with Crippen LogP contribution in [0.1, 0.15) is 62.2 Å². The molecule has 0 saturated heterocycles. The van der Waals surface area contributed by atoms with Gasteiger partial charge < -0.3 is 9.88 Å². The minimum Gasteiger partial charge on any atom is -0.352 e. The maximum Gasteiger partial charge on any atom is 0.230 e. The molecule has 1 N–H and O–H groups in total. The lowest BCUT2D eigenvalue weighted by molar-refractivity contribution is -0.119. The average molecular weight is 391 g/mol. The van der Waals surface area contributed by atoms with Crippen LogP contribution >= 0.6 is 23.1 Å². The Morgan fingerprint density at radius 3 is 2.88 bits per heavy atom. The third-order valence-electron chi connectivity index (χ3n) is 5.35. The summed E-state index contributed by atoms with van der Waals surface area (Å²) < 4.78 is 2.26. The fraction of sp³-hybridized carbons (Fsp3) is 0.632. The van der Waals surface area contributed by atoms with Crippen LogP contribution in [-0.4, -0.2) is 32.5 Å². The molecule has 2 aromatic rings. The highest BCUT2D eigenvalue weighted by molar-refractivity contribution is 7.99. The number of hydrogen-bond donors (Lipinski definition) is 1. The molecule has 2 aliphatic carbocycles. The largest absolute Gasteiger partial charge is 0.352 e. The Hall–Kier alpha value is -1.34. The van der Waals surface area contributed by atoms with Crippen molar-refractivity contribution in [1.82, 2.24) is 20.1 Å². The molecule has 0 unspecified atom stereocenters. The normalized spacial score (nSPS) is 23.1. The van der Waals surface area contributed by atoms with Gasteiger partial charge in [-0.25, -0.2) is 0 Å². The molecule has 0 bridgehead atoms. The third-order valence-corrected chi connectivity index (χ3v) is 7.17. The Morgan fingerprint density at radius 1 is 1.31 bits per heavy atom. The Kier molecular flexibility index (Phi) is 5.64. The minimum atomic E-state index is 0.124. The van der Waals surface area contributed by atoms with Crippen LogP contribution in [0.2, 0.25) is 0 Å². The van der Waals surface area contributed by atoms with Crippen molar-refractivity contribution in [2.75, 3.05) is 5.75 Å². The molecule has 2 fully saturated rings. The summed E-state index contributed by atoms with van der Waals surface area (Å²) in [5, 5.41) is 15.0. The highest BCUT2D eigenvalue weighted by atomic mass is 32.2. The molecule has 7 heteroatoms. The van der Waals surface area contributed by atoms with Gasteiger partial charge in [0.1, 0.15) is 5.82 Å². The lowest BCUT2D eigenvalue weighted by Gasteiger charge is -2.29. The number of rotatable bonds is 7. The van der Waals surface area contributed by atoms with Crippen molar-refractivity contribution in [3.8, 4) is 0 Å². The maximum absolute atomic E-state index is 12.4. The van der Waals surface area contributed by atoms with E-state index in [1.54, 1.807) is 11.3 Å². The van der Waals surface area contributed by atoms with E-state index in [4.69, 9.17) is 0 Å². The molecule has 0 aromatic carbocycles. The third kappa shape index (κ3) is 4.31. The standard InChI is InChI=1S/C19H26N4OS2/c1-13-5-2-3-7-16(13)20-18(24)12-26-19-22-21-17(23(19)14-8-9-14)11-15-6-4-10-25-15/h4,6,10,13-14,16H,2-3,5,7-9,11-12H2,1H3,(H,20,24)/t13-,16+/m0/s1. The van der Waals surface area contributed by atoms with Crippen molar-refractivity contribution in [3.05, 3.63) is 28.2 Å². The molecular weight excluding hydrogens is 364 g/mol. The van der Waals surface area contributed by atoms with Gasteiger partial charge in [0.05, 0.1) is 5.75 Å². The first-order chi connectivity index (χ1) is 12.7. The number of nitrogens with zero attached hydrogens (tertiary/aromatic N) is 3. The Bertz CT molecular complexity index is 739. The summed E-state index contributed by atoms with van der Waals surface area (Å²) in [6.07, 6.45) is 8.06. The van der Waals surface area contributed by atoms with Gasteiger partial charge in [-0.3, -0.25) is 4.79 Å². The molecule has 5 nitrogen and oxygen atoms in total. The predicted octanol–water partition coefficient (Wildman–Crippen LogP) is 4.05. The molecule has 2 aliphatic rings. The van der Waals surface area contributed by atoms with E-state index < -0.39 is 0 Å². The number of aromatic nitrogens is 3. The summed E-state index contributed by atoms with van der Waals surface area (Å²) in [7, 11) is 0. The van der Waals surface area contributed by atoms with Gasteiger partial charge in [0.2, 0.25) is 5.91 Å². The molecule has 26 heavy (non-hydrogen) atoms. The zero-order chi connectivity index (χ0) is 17.9. The molecule has 2 saturated carbocycles. The van der Waals surface area contributed by atoms with Crippen molar-refractivity contribution in [3.63, 3.8) is 0 Å². The molecule has 0 radical (unpaired) electrons. The Balaban J connectivity index is 1.37. The molecule has 4 rings (SSSR count). The fourth-order valence-electron chi connectivity index (χ4n) is 3.70. The van der Waals surface area contributed by atoms with Gasteiger partial charge in [-0.05, 0) is 43.0 Å². The van der Waals surface area contributed by atoms with E-state index in [1.165, 1.54) is 48.7 Å². The first-order valence-corrected chi connectivity index (χ1v) is 11.5. The molecular formula is C19H26N4OS2. The van der Waals surface area contributed by atoms with Gasteiger partial charge in [0.15, 0.2) is 5.16 Å². The highest BCUT2D eigenvalue weighted by Crippen LogP contribution is 2.39. The number of carbonyl (C=O) groups is 1. The van der Waals surface area contributed by atoms with Crippen LogP contribution in [-0.2, 0) is 11.2 Å². The zero-order valence-electron chi connectivity index (χ0n) is 15.2. The first kappa shape index (κ1) is 18.0. The van der Waals surface area contributed by atoms with Gasteiger partial charge >= 0.3 is 0 Å². The van der Waals surface area contributed by atoms with Crippen LogP contribution in [0.5, 0.6) is 0 Å². The summed E-state index contributed by atoms with van der Waals surface area (Å²) in [6.45, 7) is 2.25. The number of nitrogens with one attached hydrogen (secondary N) is 1. The first-order valence-electron chi connectivity index (χ1n) is 9.59. The topological polar surface area (TPSA) is 59.8 Å². The van der Waals surface area contributed by atoms with Crippen molar-refractivity contribution in [2.45, 2.75) is 69.1 Å². The predicted molar refractivity (Wildman–Crippen MR) is 106 cm³/mol. The van der Waals surface area contributed by atoms with Gasteiger partial charge in [0, 0.05) is 23.4 Å². The minimum absolute atomic E-state index is 0.124. The lowest BCUT2D eigenvalue weighted by Crippen LogP contribution is -2.41. The van der Waals surface area contributed by atoms with Crippen LogP contribution in [0.4, 0.5) is 0 Å². The van der Waals surface area contributed by atoms with Crippen LogP contribution < -0.4 is 5.32 Å². The Morgan fingerprint density at radius 2 is 2.15 bits per heavy atom. The number of thiophene rings is 1. The van der Waals surface area contributed by atoms with E-state index >= 15 is 0 Å². The van der Waals surface area contributed by atoms with Gasteiger partial charge in [-0.15, -0.1) is 21.5 Å².